The van der Waals surface area contributed by atoms with Crippen LogP contribution in [0.25, 0.3) is 0 Å². The van der Waals surface area contributed by atoms with Crippen molar-refractivity contribution in [3.8, 4) is 0 Å². The lowest BCUT2D eigenvalue weighted by atomic mass is 10.1. The van der Waals surface area contributed by atoms with Gasteiger partial charge in [0, 0.05) is 12.8 Å². The Balaban J connectivity index is 2.33. The first-order valence-electron chi connectivity index (χ1n) is 12.6. The predicted octanol–water partition coefficient (Wildman–Crippen LogP) is 10.7. The van der Waals surface area contributed by atoms with E-state index in [1.807, 2.05) is 0 Å². The van der Waals surface area contributed by atoms with E-state index in [1.165, 1.54) is 88.4 Å². The summed E-state index contributed by atoms with van der Waals surface area (Å²) in [6, 6.07) is 0. The van der Waals surface area contributed by atoms with Crippen LogP contribution in [0, 0.1) is 0 Å². The lowest BCUT2D eigenvalue weighted by molar-refractivity contribution is 0.0975. The van der Waals surface area contributed by atoms with Crippen LogP contribution in [0.15, 0.2) is 8.95 Å². The summed E-state index contributed by atoms with van der Waals surface area (Å²) in [5.74, 6) is 0.323. The molecule has 0 saturated heterocycles. The zero-order chi connectivity index (χ0) is 22.9. The van der Waals surface area contributed by atoms with Gasteiger partial charge in [0.05, 0.1) is 18.7 Å². The molecule has 178 valence electrons. The summed E-state index contributed by atoms with van der Waals surface area (Å²) in [7, 11) is 0. The minimum absolute atomic E-state index is 0.162. The van der Waals surface area contributed by atoms with Crippen LogP contribution < -0.4 is 0 Å². The molecular weight excluding hydrogens is 536 g/mol. The molecule has 0 atom stereocenters. The fourth-order valence-corrected chi connectivity index (χ4v) is 6.42. The van der Waals surface area contributed by atoms with E-state index in [-0.39, 0.29) is 11.6 Å². The minimum atomic E-state index is 0.162. The van der Waals surface area contributed by atoms with E-state index in [0.717, 1.165) is 34.6 Å². The Morgan fingerprint density at radius 1 is 0.548 bits per heavy atom. The van der Waals surface area contributed by atoms with Gasteiger partial charge in [-0.15, -0.1) is 11.3 Å². The largest absolute Gasteiger partial charge is 0.293 e. The van der Waals surface area contributed by atoms with E-state index in [0.29, 0.717) is 22.6 Å². The zero-order valence-electron chi connectivity index (χ0n) is 19.7. The summed E-state index contributed by atoms with van der Waals surface area (Å²) in [5, 5.41) is 0. The van der Waals surface area contributed by atoms with Crippen LogP contribution in [-0.4, -0.2) is 11.6 Å². The summed E-state index contributed by atoms with van der Waals surface area (Å²) in [4.78, 5) is 26.8. The van der Waals surface area contributed by atoms with Crippen molar-refractivity contribution in [3.05, 3.63) is 18.7 Å². The maximum Gasteiger partial charge on any atom is 0.174 e. The van der Waals surface area contributed by atoms with Gasteiger partial charge in [-0.1, -0.05) is 104 Å². The van der Waals surface area contributed by atoms with Gasteiger partial charge < -0.3 is 0 Å². The molecule has 0 unspecified atom stereocenters. The van der Waals surface area contributed by atoms with E-state index < -0.39 is 0 Å². The Bertz CT molecular complexity index is 587. The van der Waals surface area contributed by atoms with Crippen molar-refractivity contribution >= 4 is 54.8 Å². The number of carbonyl (C=O) groups is 2. The van der Waals surface area contributed by atoms with Crippen molar-refractivity contribution < 1.29 is 9.59 Å². The van der Waals surface area contributed by atoms with Gasteiger partial charge in [-0.05, 0) is 44.7 Å². The third kappa shape index (κ3) is 12.1. The number of Topliss-reactive ketones (excluding diaryl/α,β-unsaturated/α-hetero) is 2. The molecule has 1 rings (SSSR count). The van der Waals surface area contributed by atoms with Crippen molar-refractivity contribution in [1.29, 1.82) is 0 Å². The molecule has 0 radical (unpaired) electrons. The van der Waals surface area contributed by atoms with E-state index in [9.17, 15) is 9.59 Å². The van der Waals surface area contributed by atoms with E-state index in [2.05, 4.69) is 45.7 Å². The topological polar surface area (TPSA) is 34.1 Å². The quantitative estimate of drug-likeness (QED) is 0.114. The number of hydrogen-bond donors (Lipinski definition) is 0. The van der Waals surface area contributed by atoms with Crippen molar-refractivity contribution in [1.82, 2.24) is 0 Å². The first-order chi connectivity index (χ1) is 15.0. The molecule has 0 N–H and O–H groups in total. The smallest absolute Gasteiger partial charge is 0.174 e. The van der Waals surface area contributed by atoms with Gasteiger partial charge in [-0.2, -0.15) is 0 Å². The van der Waals surface area contributed by atoms with Crippen LogP contribution in [-0.2, 0) is 0 Å². The number of halogens is 2. The normalized spacial score (nSPS) is 11.2. The fourth-order valence-electron chi connectivity index (χ4n) is 3.82. The Labute approximate surface area is 211 Å². The van der Waals surface area contributed by atoms with Gasteiger partial charge in [-0.25, -0.2) is 0 Å². The number of ketones is 2. The fraction of sp³-hybridized carbons (Fsp3) is 0.769. The van der Waals surface area contributed by atoms with Crippen molar-refractivity contribution in [2.45, 2.75) is 129 Å². The average Bonchev–Trinajstić information content (AvgIpc) is 3.06. The molecule has 2 nitrogen and oxygen atoms in total. The van der Waals surface area contributed by atoms with Gasteiger partial charge in [-0.3, -0.25) is 9.59 Å². The zero-order valence-corrected chi connectivity index (χ0v) is 23.7. The van der Waals surface area contributed by atoms with Crippen LogP contribution in [0.5, 0.6) is 0 Å². The highest BCUT2D eigenvalue weighted by atomic mass is 79.9. The van der Waals surface area contributed by atoms with Crippen molar-refractivity contribution in [2.24, 2.45) is 0 Å². The molecule has 0 aliphatic heterocycles. The monoisotopic (exact) mass is 576 g/mol. The predicted molar refractivity (Wildman–Crippen MR) is 143 cm³/mol. The highest BCUT2D eigenvalue weighted by Gasteiger charge is 2.23. The standard InChI is InChI=1S/C26H42Br2O2S/c1-3-5-7-9-11-13-15-17-19-21(29)25-23(27)24(28)26(31-25)22(30)20-18-16-14-12-10-8-6-4-2/h3-20H2,1-2H3. The number of thiophene rings is 1. The number of hydrogen-bond acceptors (Lipinski definition) is 3. The first-order valence-corrected chi connectivity index (χ1v) is 15.0. The van der Waals surface area contributed by atoms with Gasteiger partial charge in [0.15, 0.2) is 11.6 Å². The molecule has 1 heterocycles. The molecule has 31 heavy (non-hydrogen) atoms. The Hall–Kier alpha value is 0. The van der Waals surface area contributed by atoms with Gasteiger partial charge in [0.2, 0.25) is 0 Å². The van der Waals surface area contributed by atoms with E-state index in [4.69, 9.17) is 0 Å². The molecule has 0 fully saturated rings. The third-order valence-corrected chi connectivity index (χ3v) is 9.73. The van der Waals surface area contributed by atoms with Crippen LogP contribution in [0.2, 0.25) is 0 Å². The minimum Gasteiger partial charge on any atom is -0.293 e. The molecule has 0 aliphatic carbocycles. The summed E-state index contributed by atoms with van der Waals surface area (Å²) >= 11 is 8.45. The average molecular weight is 578 g/mol. The highest BCUT2D eigenvalue weighted by Crippen LogP contribution is 2.39. The van der Waals surface area contributed by atoms with Crippen LogP contribution in [0.4, 0.5) is 0 Å². The number of rotatable bonds is 20. The van der Waals surface area contributed by atoms with E-state index in [1.54, 1.807) is 0 Å². The van der Waals surface area contributed by atoms with Crippen molar-refractivity contribution in [2.75, 3.05) is 0 Å². The second kappa shape index (κ2) is 18.4. The molecule has 0 aliphatic rings. The van der Waals surface area contributed by atoms with Crippen molar-refractivity contribution in [3.63, 3.8) is 0 Å². The Morgan fingerprint density at radius 2 is 0.839 bits per heavy atom. The third-order valence-electron chi connectivity index (χ3n) is 5.82. The Kier molecular flexibility index (Phi) is 17.3. The molecule has 0 spiro atoms. The SMILES string of the molecule is CCCCCCCCCCC(=O)c1sc(C(=O)CCCCCCCCCC)c(Br)c1Br. The summed E-state index contributed by atoms with van der Waals surface area (Å²) in [5.41, 5.74) is 0. The number of unbranched alkanes of at least 4 members (excludes halogenated alkanes) is 14. The van der Waals surface area contributed by atoms with Crippen LogP contribution >= 0.6 is 43.2 Å². The maximum absolute atomic E-state index is 12.7. The summed E-state index contributed by atoms with van der Waals surface area (Å²) in [6.45, 7) is 4.48. The molecule has 0 amide bonds. The van der Waals surface area contributed by atoms with E-state index >= 15 is 0 Å². The van der Waals surface area contributed by atoms with Gasteiger partial charge >= 0.3 is 0 Å². The van der Waals surface area contributed by atoms with Gasteiger partial charge in [0.25, 0.3) is 0 Å². The lowest BCUT2D eigenvalue weighted by Gasteiger charge is -2.02. The van der Waals surface area contributed by atoms with Crippen LogP contribution in [0.1, 0.15) is 149 Å². The molecule has 0 bridgehead atoms. The molecule has 0 saturated carbocycles. The molecule has 1 aromatic heterocycles. The maximum atomic E-state index is 12.7. The van der Waals surface area contributed by atoms with Crippen LogP contribution in [0.3, 0.4) is 0 Å². The molecule has 0 aromatic carbocycles. The lowest BCUT2D eigenvalue weighted by Crippen LogP contribution is -1.97. The number of carbonyl (C=O) groups excluding carboxylic acids is 2. The Morgan fingerprint density at radius 3 is 1.16 bits per heavy atom. The molecule has 5 heteroatoms. The second-order valence-corrected chi connectivity index (χ2v) is 11.3. The molecule has 1 aromatic rings. The first kappa shape index (κ1) is 29.0. The highest BCUT2D eigenvalue weighted by molar-refractivity contribution is 9.13. The summed E-state index contributed by atoms with van der Waals surface area (Å²) in [6.07, 6.45) is 20.8. The molecular formula is C26H42Br2O2S. The van der Waals surface area contributed by atoms with Gasteiger partial charge in [0.1, 0.15) is 0 Å². The summed E-state index contributed by atoms with van der Waals surface area (Å²) < 4.78 is 1.53. The second-order valence-electron chi connectivity index (χ2n) is 8.68.